The van der Waals surface area contributed by atoms with Gasteiger partial charge in [0.25, 0.3) is 0 Å². The van der Waals surface area contributed by atoms with Crippen molar-refractivity contribution in [2.45, 2.75) is 6.42 Å². The Morgan fingerprint density at radius 3 is 2.88 bits per heavy atom. The predicted octanol–water partition coefficient (Wildman–Crippen LogP) is 1.53. The van der Waals surface area contributed by atoms with Crippen molar-refractivity contribution in [1.82, 2.24) is 5.32 Å². The van der Waals surface area contributed by atoms with E-state index in [1.165, 1.54) is 0 Å². The summed E-state index contributed by atoms with van der Waals surface area (Å²) in [6.07, 6.45) is 0.796. The van der Waals surface area contributed by atoms with Gasteiger partial charge in [0.1, 0.15) is 11.8 Å². The topological polar surface area (TPSA) is 45.0 Å². The van der Waals surface area contributed by atoms with Crippen molar-refractivity contribution < 1.29 is 4.74 Å². The van der Waals surface area contributed by atoms with Crippen LogP contribution in [0.1, 0.15) is 17.5 Å². The molecular weight excluding hydrogens is 200 g/mol. The second-order valence-electron chi connectivity index (χ2n) is 3.18. The van der Waals surface area contributed by atoms with Crippen LogP contribution in [0.4, 0.5) is 0 Å². The molecule has 0 fully saturated rings. The van der Waals surface area contributed by atoms with Crippen molar-refractivity contribution in [3.63, 3.8) is 0 Å². The summed E-state index contributed by atoms with van der Waals surface area (Å²) < 4.78 is 5.05. The van der Waals surface area contributed by atoms with Gasteiger partial charge in [-0.05, 0) is 25.2 Å². The van der Waals surface area contributed by atoms with Crippen molar-refractivity contribution in [2.24, 2.45) is 0 Å². The Balaban J connectivity index is 2.82. The number of nitrogens with one attached hydrogen (secondary N) is 1. The first-order valence-electron chi connectivity index (χ1n) is 5.03. The van der Waals surface area contributed by atoms with E-state index in [0.29, 0.717) is 11.3 Å². The van der Waals surface area contributed by atoms with Gasteiger partial charge in [-0.1, -0.05) is 11.8 Å². The molecule has 0 aliphatic rings. The Hall–Kier alpha value is -1.97. The summed E-state index contributed by atoms with van der Waals surface area (Å²) in [7, 11) is 3.44. The average Bonchev–Trinajstić information content (AvgIpc) is 2.34. The molecule has 82 valence electrons. The molecule has 0 atom stereocenters. The fourth-order valence-electron chi connectivity index (χ4n) is 1.23. The van der Waals surface area contributed by atoms with Gasteiger partial charge < -0.3 is 10.1 Å². The van der Waals surface area contributed by atoms with Crippen LogP contribution in [0.5, 0.6) is 5.75 Å². The van der Waals surface area contributed by atoms with Crippen molar-refractivity contribution in [3.8, 4) is 23.7 Å². The third-order valence-corrected chi connectivity index (χ3v) is 2.05. The molecule has 1 aromatic carbocycles. The second kappa shape index (κ2) is 6.50. The van der Waals surface area contributed by atoms with Gasteiger partial charge in [0.2, 0.25) is 0 Å². The lowest BCUT2D eigenvalue weighted by atomic mass is 10.1. The highest BCUT2D eigenvalue weighted by atomic mass is 16.5. The molecule has 16 heavy (non-hydrogen) atoms. The third kappa shape index (κ3) is 3.31. The van der Waals surface area contributed by atoms with Gasteiger partial charge in [-0.15, -0.1) is 0 Å². The number of hydrogen-bond acceptors (Lipinski definition) is 3. The quantitative estimate of drug-likeness (QED) is 0.613. The molecule has 0 spiro atoms. The number of ether oxygens (including phenoxy) is 1. The molecule has 3 heteroatoms. The summed E-state index contributed by atoms with van der Waals surface area (Å²) in [5.41, 5.74) is 1.36. The summed E-state index contributed by atoms with van der Waals surface area (Å²) in [5, 5.41) is 11.9. The van der Waals surface area contributed by atoms with E-state index < -0.39 is 0 Å². The first-order chi connectivity index (χ1) is 7.81. The predicted molar refractivity (Wildman–Crippen MR) is 63.1 cm³/mol. The summed E-state index contributed by atoms with van der Waals surface area (Å²) in [5.74, 6) is 6.62. The summed E-state index contributed by atoms with van der Waals surface area (Å²) in [4.78, 5) is 0. The molecule has 0 radical (unpaired) electrons. The lowest BCUT2D eigenvalue weighted by Crippen LogP contribution is -2.05. The Labute approximate surface area is 96.0 Å². The highest BCUT2D eigenvalue weighted by molar-refractivity contribution is 5.49. The van der Waals surface area contributed by atoms with Crippen molar-refractivity contribution in [2.75, 3.05) is 20.7 Å². The molecule has 0 bridgehead atoms. The van der Waals surface area contributed by atoms with Crippen molar-refractivity contribution >= 4 is 0 Å². The number of nitriles is 1. The average molecular weight is 214 g/mol. The maximum Gasteiger partial charge on any atom is 0.136 e. The van der Waals surface area contributed by atoms with E-state index in [1.807, 2.05) is 13.1 Å². The Kier molecular flexibility index (Phi) is 4.92. The zero-order valence-electron chi connectivity index (χ0n) is 9.50. The number of benzene rings is 1. The van der Waals surface area contributed by atoms with E-state index >= 15 is 0 Å². The SMILES string of the molecule is CNCCC#Cc1ccc(OC)c(C#N)c1. The van der Waals surface area contributed by atoms with Gasteiger partial charge >= 0.3 is 0 Å². The van der Waals surface area contributed by atoms with Crippen LogP contribution < -0.4 is 10.1 Å². The normalized spacial score (nSPS) is 8.81. The Morgan fingerprint density at radius 1 is 1.44 bits per heavy atom. The summed E-state index contributed by atoms with van der Waals surface area (Å²) in [6.45, 7) is 0.869. The minimum absolute atomic E-state index is 0.517. The van der Waals surface area contributed by atoms with Crippen molar-refractivity contribution in [1.29, 1.82) is 5.26 Å². The fourth-order valence-corrected chi connectivity index (χ4v) is 1.23. The van der Waals surface area contributed by atoms with Gasteiger partial charge in [0.15, 0.2) is 0 Å². The number of rotatable bonds is 3. The van der Waals surface area contributed by atoms with E-state index in [4.69, 9.17) is 10.00 Å². The standard InChI is InChI=1S/C13H14N2O/c1-15-8-4-3-5-11-6-7-13(16-2)12(9-11)10-14/h6-7,9,15H,4,8H2,1-2H3. The summed E-state index contributed by atoms with van der Waals surface area (Å²) in [6, 6.07) is 7.44. The van der Waals surface area contributed by atoms with Crippen LogP contribution >= 0.6 is 0 Å². The van der Waals surface area contributed by atoms with Gasteiger partial charge in [-0.25, -0.2) is 0 Å². The van der Waals surface area contributed by atoms with Gasteiger partial charge in [-0.3, -0.25) is 0 Å². The zero-order valence-corrected chi connectivity index (χ0v) is 9.50. The minimum Gasteiger partial charge on any atom is -0.495 e. The monoisotopic (exact) mass is 214 g/mol. The highest BCUT2D eigenvalue weighted by Gasteiger charge is 2.01. The molecule has 1 N–H and O–H groups in total. The molecule has 0 heterocycles. The number of nitrogens with zero attached hydrogens (tertiary/aromatic N) is 1. The van der Waals surface area contributed by atoms with Crippen LogP contribution in [-0.4, -0.2) is 20.7 Å². The number of methoxy groups -OCH3 is 1. The van der Waals surface area contributed by atoms with Gasteiger partial charge in [-0.2, -0.15) is 5.26 Å². The Bertz CT molecular complexity index is 449. The van der Waals surface area contributed by atoms with Crippen LogP contribution in [0, 0.1) is 23.2 Å². The second-order valence-corrected chi connectivity index (χ2v) is 3.18. The van der Waals surface area contributed by atoms with E-state index in [1.54, 1.807) is 19.2 Å². The van der Waals surface area contributed by atoms with Crippen LogP contribution in [0.25, 0.3) is 0 Å². The molecule has 0 saturated carbocycles. The van der Waals surface area contributed by atoms with Crippen LogP contribution in [0.2, 0.25) is 0 Å². The van der Waals surface area contributed by atoms with E-state index in [9.17, 15) is 0 Å². The van der Waals surface area contributed by atoms with Gasteiger partial charge in [0, 0.05) is 18.5 Å². The molecule has 0 aliphatic heterocycles. The highest BCUT2D eigenvalue weighted by Crippen LogP contribution is 2.18. The first-order valence-corrected chi connectivity index (χ1v) is 5.03. The number of hydrogen-bond donors (Lipinski definition) is 1. The van der Waals surface area contributed by atoms with Crippen molar-refractivity contribution in [3.05, 3.63) is 29.3 Å². The minimum atomic E-state index is 0.517. The van der Waals surface area contributed by atoms with E-state index in [2.05, 4.69) is 23.2 Å². The lowest BCUT2D eigenvalue weighted by Gasteiger charge is -2.01. The first kappa shape index (κ1) is 12.1. The van der Waals surface area contributed by atoms with Crippen LogP contribution in [-0.2, 0) is 0 Å². The summed E-state index contributed by atoms with van der Waals surface area (Å²) >= 11 is 0. The Morgan fingerprint density at radius 2 is 2.25 bits per heavy atom. The zero-order chi connectivity index (χ0) is 11.8. The molecule has 0 aliphatic carbocycles. The maximum absolute atomic E-state index is 8.90. The smallest absolute Gasteiger partial charge is 0.136 e. The van der Waals surface area contributed by atoms with Crippen LogP contribution in [0.15, 0.2) is 18.2 Å². The van der Waals surface area contributed by atoms with E-state index in [-0.39, 0.29) is 0 Å². The molecule has 1 aromatic rings. The molecular formula is C13H14N2O. The molecule has 0 unspecified atom stereocenters. The molecule has 0 saturated heterocycles. The molecule has 0 amide bonds. The van der Waals surface area contributed by atoms with E-state index in [0.717, 1.165) is 18.5 Å². The molecule has 0 aromatic heterocycles. The fraction of sp³-hybridized carbons (Fsp3) is 0.308. The molecule has 3 nitrogen and oxygen atoms in total. The largest absolute Gasteiger partial charge is 0.495 e. The third-order valence-electron chi connectivity index (χ3n) is 2.05. The maximum atomic E-state index is 8.90. The van der Waals surface area contributed by atoms with Gasteiger partial charge in [0.05, 0.1) is 12.7 Å². The molecule has 1 rings (SSSR count). The lowest BCUT2D eigenvalue weighted by molar-refractivity contribution is 0.413. The van der Waals surface area contributed by atoms with Crippen LogP contribution in [0.3, 0.4) is 0 Å².